The summed E-state index contributed by atoms with van der Waals surface area (Å²) < 4.78 is 0. The van der Waals surface area contributed by atoms with Crippen molar-refractivity contribution in [3.05, 3.63) is 38.9 Å². The Labute approximate surface area is 127 Å². The van der Waals surface area contributed by atoms with E-state index in [1.807, 2.05) is 6.92 Å². The van der Waals surface area contributed by atoms with E-state index in [1.165, 1.54) is 18.2 Å². The summed E-state index contributed by atoms with van der Waals surface area (Å²) in [6, 6.07) is 4.51. The van der Waals surface area contributed by atoms with Crippen LogP contribution in [-0.2, 0) is 0 Å². The molecule has 3 unspecified atom stereocenters. The third-order valence-electron chi connectivity index (χ3n) is 4.42. The molecule has 0 aromatic heterocycles. The normalized spacial score (nSPS) is 27.7. The second-order valence-corrected chi connectivity index (χ2v) is 6.08. The number of likely N-dealkylation sites (tertiary alicyclic amines) is 1. The van der Waals surface area contributed by atoms with Gasteiger partial charge in [-0.3, -0.25) is 14.9 Å². The molecule has 21 heavy (non-hydrogen) atoms. The van der Waals surface area contributed by atoms with E-state index in [1.54, 1.807) is 4.90 Å². The highest BCUT2D eigenvalue weighted by Gasteiger charge is 2.45. The van der Waals surface area contributed by atoms with Crippen molar-refractivity contribution < 1.29 is 9.72 Å². The molecule has 6 nitrogen and oxygen atoms in total. The Morgan fingerprint density at radius 1 is 1.48 bits per heavy atom. The lowest BCUT2D eigenvalue weighted by atomic mass is 10.0. The lowest BCUT2D eigenvalue weighted by Gasteiger charge is -2.27. The number of nitrogens with one attached hydrogen (secondary N) is 1. The number of hydrogen-bond donors (Lipinski definition) is 1. The van der Waals surface area contributed by atoms with Crippen LogP contribution >= 0.6 is 11.6 Å². The molecule has 3 rings (SSSR count). The number of benzene rings is 1. The van der Waals surface area contributed by atoms with Gasteiger partial charge < -0.3 is 10.2 Å². The van der Waals surface area contributed by atoms with Gasteiger partial charge in [-0.05, 0) is 25.3 Å². The first-order chi connectivity index (χ1) is 10.0. The summed E-state index contributed by atoms with van der Waals surface area (Å²) in [7, 11) is 0. The Morgan fingerprint density at radius 3 is 2.95 bits per heavy atom. The molecule has 1 aromatic rings. The number of nitro groups is 1. The van der Waals surface area contributed by atoms with E-state index in [0.29, 0.717) is 5.92 Å². The fourth-order valence-electron chi connectivity index (χ4n) is 3.52. The van der Waals surface area contributed by atoms with E-state index in [-0.39, 0.29) is 34.3 Å². The number of carbonyl (C=O) groups excluding carboxylic acids is 1. The summed E-state index contributed by atoms with van der Waals surface area (Å²) >= 11 is 6.07. The van der Waals surface area contributed by atoms with Crippen LogP contribution in [0.2, 0.25) is 5.02 Å². The maximum absolute atomic E-state index is 12.9. The molecule has 2 saturated heterocycles. The predicted molar refractivity (Wildman–Crippen MR) is 78.5 cm³/mol. The van der Waals surface area contributed by atoms with Crippen molar-refractivity contribution >= 4 is 23.2 Å². The van der Waals surface area contributed by atoms with Crippen LogP contribution < -0.4 is 5.32 Å². The fourth-order valence-corrected chi connectivity index (χ4v) is 3.77. The second-order valence-electron chi connectivity index (χ2n) is 5.67. The first kappa shape index (κ1) is 14.3. The van der Waals surface area contributed by atoms with Gasteiger partial charge >= 0.3 is 0 Å². The molecule has 3 atom stereocenters. The van der Waals surface area contributed by atoms with Gasteiger partial charge in [0.15, 0.2) is 0 Å². The van der Waals surface area contributed by atoms with Crippen LogP contribution in [0.4, 0.5) is 5.69 Å². The Bertz CT molecular complexity index is 607. The van der Waals surface area contributed by atoms with Crippen LogP contribution in [-0.4, -0.2) is 40.9 Å². The lowest BCUT2D eigenvalue weighted by molar-refractivity contribution is -0.385. The van der Waals surface area contributed by atoms with Crippen LogP contribution in [0, 0.1) is 16.0 Å². The van der Waals surface area contributed by atoms with E-state index in [9.17, 15) is 14.9 Å². The zero-order chi connectivity index (χ0) is 15.1. The van der Waals surface area contributed by atoms with Gasteiger partial charge in [0, 0.05) is 31.2 Å². The average Bonchev–Trinajstić information content (AvgIpc) is 2.97. The van der Waals surface area contributed by atoms with Gasteiger partial charge in [-0.2, -0.15) is 0 Å². The van der Waals surface area contributed by atoms with Crippen LogP contribution in [0.5, 0.6) is 0 Å². The highest BCUT2D eigenvalue weighted by atomic mass is 35.5. The standard InChI is InChI=1S/C14H16ClN3O3/c1-8-5-9-6-16-7-12(9)17(8)14(19)13-10(15)3-2-4-11(13)18(20)21/h2-4,8-9,12,16H,5-7H2,1H3. The van der Waals surface area contributed by atoms with Crippen molar-refractivity contribution in [2.45, 2.75) is 25.4 Å². The van der Waals surface area contributed by atoms with E-state index < -0.39 is 4.92 Å². The van der Waals surface area contributed by atoms with Gasteiger partial charge in [0.2, 0.25) is 0 Å². The molecular weight excluding hydrogens is 294 g/mol. The molecule has 7 heteroatoms. The van der Waals surface area contributed by atoms with Crippen molar-refractivity contribution in [2.24, 2.45) is 5.92 Å². The Morgan fingerprint density at radius 2 is 2.24 bits per heavy atom. The zero-order valence-corrected chi connectivity index (χ0v) is 12.3. The molecule has 0 radical (unpaired) electrons. The molecular formula is C14H16ClN3O3. The third-order valence-corrected chi connectivity index (χ3v) is 4.73. The van der Waals surface area contributed by atoms with Crippen molar-refractivity contribution in [3.8, 4) is 0 Å². The van der Waals surface area contributed by atoms with E-state index in [2.05, 4.69) is 5.32 Å². The molecule has 0 aliphatic carbocycles. The quantitative estimate of drug-likeness (QED) is 0.670. The van der Waals surface area contributed by atoms with Crippen molar-refractivity contribution in [1.29, 1.82) is 0 Å². The Hall–Kier alpha value is -1.66. The zero-order valence-electron chi connectivity index (χ0n) is 11.6. The molecule has 1 aromatic carbocycles. The summed E-state index contributed by atoms with van der Waals surface area (Å²) in [5.41, 5.74) is -0.224. The number of hydrogen-bond acceptors (Lipinski definition) is 4. The van der Waals surface area contributed by atoms with Crippen LogP contribution in [0.15, 0.2) is 18.2 Å². The minimum Gasteiger partial charge on any atom is -0.331 e. The Kier molecular flexibility index (Phi) is 3.59. The van der Waals surface area contributed by atoms with Gasteiger partial charge in [0.1, 0.15) is 5.56 Å². The topological polar surface area (TPSA) is 75.5 Å². The minimum atomic E-state index is -0.551. The first-order valence-electron chi connectivity index (χ1n) is 6.97. The first-order valence-corrected chi connectivity index (χ1v) is 7.34. The molecule has 1 amide bonds. The van der Waals surface area contributed by atoms with Gasteiger partial charge in [-0.15, -0.1) is 0 Å². The number of nitro benzene ring substituents is 1. The third kappa shape index (κ3) is 2.28. The molecule has 112 valence electrons. The summed E-state index contributed by atoms with van der Waals surface area (Å²) in [4.78, 5) is 25.2. The van der Waals surface area contributed by atoms with Crippen molar-refractivity contribution in [2.75, 3.05) is 13.1 Å². The average molecular weight is 310 g/mol. The SMILES string of the molecule is CC1CC2CNCC2N1C(=O)c1c(Cl)cccc1[N+](=O)[O-]. The summed E-state index contributed by atoms with van der Waals surface area (Å²) in [6.45, 7) is 3.61. The van der Waals surface area contributed by atoms with E-state index in [4.69, 9.17) is 11.6 Å². The summed E-state index contributed by atoms with van der Waals surface area (Å²) in [6.07, 6.45) is 0.918. The predicted octanol–water partition coefficient (Wildman–Crippen LogP) is 2.07. The molecule has 2 heterocycles. The molecule has 1 N–H and O–H groups in total. The van der Waals surface area contributed by atoms with E-state index >= 15 is 0 Å². The maximum Gasteiger partial charge on any atom is 0.283 e. The number of fused-ring (bicyclic) bond motifs is 1. The van der Waals surface area contributed by atoms with Crippen molar-refractivity contribution in [1.82, 2.24) is 10.2 Å². The highest BCUT2D eigenvalue weighted by molar-refractivity contribution is 6.34. The highest BCUT2D eigenvalue weighted by Crippen LogP contribution is 2.36. The van der Waals surface area contributed by atoms with Gasteiger partial charge in [0.05, 0.1) is 9.95 Å². The number of nitrogens with zero attached hydrogens (tertiary/aromatic N) is 2. The minimum absolute atomic E-state index is 0.00330. The Balaban J connectivity index is 2.01. The largest absolute Gasteiger partial charge is 0.331 e. The number of rotatable bonds is 2. The fraction of sp³-hybridized carbons (Fsp3) is 0.500. The lowest BCUT2D eigenvalue weighted by Crippen LogP contribution is -2.43. The van der Waals surface area contributed by atoms with Gasteiger partial charge in [-0.25, -0.2) is 0 Å². The molecule has 0 spiro atoms. The second kappa shape index (κ2) is 5.27. The number of halogens is 1. The van der Waals surface area contributed by atoms with Crippen LogP contribution in [0.25, 0.3) is 0 Å². The maximum atomic E-state index is 12.9. The molecule has 2 aliphatic rings. The summed E-state index contributed by atoms with van der Waals surface area (Å²) in [5, 5.41) is 14.6. The number of amides is 1. The van der Waals surface area contributed by atoms with Crippen LogP contribution in [0.1, 0.15) is 23.7 Å². The molecule has 2 fully saturated rings. The molecule has 0 bridgehead atoms. The van der Waals surface area contributed by atoms with E-state index in [0.717, 1.165) is 19.5 Å². The monoisotopic (exact) mass is 309 g/mol. The molecule has 2 aliphatic heterocycles. The van der Waals surface area contributed by atoms with Gasteiger partial charge in [0.25, 0.3) is 11.6 Å². The summed E-state index contributed by atoms with van der Waals surface area (Å²) in [5.74, 6) is 0.0847. The number of carbonyl (C=O) groups is 1. The molecule has 0 saturated carbocycles. The van der Waals surface area contributed by atoms with Crippen LogP contribution in [0.3, 0.4) is 0 Å². The smallest absolute Gasteiger partial charge is 0.283 e. The van der Waals surface area contributed by atoms with Gasteiger partial charge in [-0.1, -0.05) is 17.7 Å². The van der Waals surface area contributed by atoms with Crippen molar-refractivity contribution in [3.63, 3.8) is 0 Å².